The summed E-state index contributed by atoms with van der Waals surface area (Å²) in [5.74, 6) is 0. The molecule has 0 amide bonds. The molecule has 7 nitrogen and oxygen atoms in total. The van der Waals surface area contributed by atoms with Crippen LogP contribution in [0.2, 0.25) is 0 Å². The van der Waals surface area contributed by atoms with Gasteiger partial charge in [-0.2, -0.15) is 0 Å². The van der Waals surface area contributed by atoms with Crippen molar-refractivity contribution in [3.63, 3.8) is 0 Å². The number of allylic oxidation sites excluding steroid dienone is 2. The molecule has 0 atom stereocenters. The van der Waals surface area contributed by atoms with Gasteiger partial charge in [-0.3, -0.25) is 14.8 Å². The summed E-state index contributed by atoms with van der Waals surface area (Å²) in [7, 11) is 3.85. The number of hydrazine groups is 1. The molecule has 1 heterocycles. The van der Waals surface area contributed by atoms with Gasteiger partial charge in [0, 0.05) is 19.0 Å². The van der Waals surface area contributed by atoms with Gasteiger partial charge in [0.15, 0.2) is 11.4 Å². The molecule has 0 aliphatic carbocycles. The van der Waals surface area contributed by atoms with Crippen molar-refractivity contribution in [2.45, 2.75) is 17.0 Å². The van der Waals surface area contributed by atoms with Gasteiger partial charge in [0.05, 0.1) is 34.5 Å². The Labute approximate surface area is 172 Å². The first-order chi connectivity index (χ1) is 13.5. The number of imidazole rings is 1. The summed E-state index contributed by atoms with van der Waals surface area (Å²) in [6.07, 6.45) is 0.812. The molecule has 9 heteroatoms. The summed E-state index contributed by atoms with van der Waals surface area (Å²) in [4.78, 5) is 19.8. The highest BCUT2D eigenvalue weighted by molar-refractivity contribution is 7.97. The molecule has 0 fully saturated rings. The number of H-pyrrole nitrogens is 1. The van der Waals surface area contributed by atoms with Gasteiger partial charge in [0.2, 0.25) is 0 Å². The van der Waals surface area contributed by atoms with Crippen LogP contribution in [0.1, 0.15) is 6.92 Å². The van der Waals surface area contributed by atoms with Crippen LogP contribution >= 0.6 is 24.0 Å². The maximum absolute atomic E-state index is 11.7. The Morgan fingerprint density at radius 3 is 2.64 bits per heavy atom. The fraction of sp³-hybridized carbons (Fsp3) is 0.158. The Bertz CT molecular complexity index is 990. The van der Waals surface area contributed by atoms with Crippen molar-refractivity contribution in [1.82, 2.24) is 19.7 Å². The molecule has 1 aromatic heterocycles. The molecule has 0 saturated carbocycles. The number of aldehydes is 1. The first-order valence-corrected chi connectivity index (χ1v) is 10.0. The van der Waals surface area contributed by atoms with Crippen LogP contribution in [-0.2, 0) is 4.79 Å². The average molecular weight is 416 g/mol. The third kappa shape index (κ3) is 4.44. The van der Waals surface area contributed by atoms with Crippen LogP contribution in [0.3, 0.4) is 0 Å². The highest BCUT2D eigenvalue weighted by atomic mass is 32.2. The molecule has 0 saturated heterocycles. The lowest BCUT2D eigenvalue weighted by Crippen LogP contribution is -2.36. The second-order valence-corrected chi connectivity index (χ2v) is 7.46. The SMILES string of the molecule is C/C(=C(/C=O)NSc1ccc2nc(SO)[nH]c2c1)N(C)N(C)c1ccccc1. The zero-order valence-corrected chi connectivity index (χ0v) is 17.3. The third-order valence-electron chi connectivity index (χ3n) is 4.37. The molecule has 0 spiro atoms. The van der Waals surface area contributed by atoms with Crippen molar-refractivity contribution < 1.29 is 9.35 Å². The third-order valence-corrected chi connectivity index (χ3v) is 5.55. The quantitative estimate of drug-likeness (QED) is 0.166. The predicted molar refractivity (Wildman–Crippen MR) is 115 cm³/mol. The Morgan fingerprint density at radius 1 is 1.21 bits per heavy atom. The maximum Gasteiger partial charge on any atom is 0.193 e. The molecule has 3 N–H and O–H groups in total. The number of aromatic amines is 1. The predicted octanol–water partition coefficient (Wildman–Crippen LogP) is 4.14. The van der Waals surface area contributed by atoms with Crippen LogP contribution in [0, 0.1) is 0 Å². The van der Waals surface area contributed by atoms with E-state index in [1.807, 2.05) is 79.6 Å². The molecule has 0 unspecified atom stereocenters. The molecule has 0 aliphatic heterocycles. The van der Waals surface area contributed by atoms with Gasteiger partial charge in [-0.05, 0) is 49.2 Å². The Hall–Kier alpha value is -2.62. The van der Waals surface area contributed by atoms with E-state index in [0.29, 0.717) is 22.9 Å². The Balaban J connectivity index is 1.74. The van der Waals surface area contributed by atoms with E-state index in [1.165, 1.54) is 11.9 Å². The van der Waals surface area contributed by atoms with Crippen LogP contribution in [-0.4, -0.2) is 39.9 Å². The number of benzene rings is 2. The molecular formula is C19H21N5O2S2. The van der Waals surface area contributed by atoms with Gasteiger partial charge in [-0.25, -0.2) is 4.98 Å². The van der Waals surface area contributed by atoms with Crippen molar-refractivity contribution in [3.05, 3.63) is 59.9 Å². The number of nitrogens with one attached hydrogen (secondary N) is 2. The highest BCUT2D eigenvalue weighted by Crippen LogP contribution is 2.24. The number of fused-ring (bicyclic) bond motifs is 1. The van der Waals surface area contributed by atoms with E-state index >= 15 is 0 Å². The molecule has 0 bridgehead atoms. The number of carbonyl (C=O) groups excluding carboxylic acids is 1. The zero-order valence-electron chi connectivity index (χ0n) is 15.7. The van der Waals surface area contributed by atoms with Crippen molar-refractivity contribution in [1.29, 1.82) is 0 Å². The first kappa shape index (κ1) is 20.1. The summed E-state index contributed by atoms with van der Waals surface area (Å²) < 4.78 is 12.2. The molecule has 3 aromatic rings. The van der Waals surface area contributed by atoms with E-state index in [0.717, 1.165) is 33.6 Å². The minimum absolute atomic E-state index is 0.444. The average Bonchev–Trinajstić information content (AvgIpc) is 3.16. The van der Waals surface area contributed by atoms with Crippen LogP contribution in [0.4, 0.5) is 5.69 Å². The number of anilines is 1. The topological polar surface area (TPSA) is 84.5 Å². The lowest BCUT2D eigenvalue weighted by molar-refractivity contribution is -0.105. The summed E-state index contributed by atoms with van der Waals surface area (Å²) in [5.41, 5.74) is 3.87. The molecule has 28 heavy (non-hydrogen) atoms. The summed E-state index contributed by atoms with van der Waals surface area (Å²) in [6.45, 7) is 1.89. The summed E-state index contributed by atoms with van der Waals surface area (Å²) in [5, 5.41) is 4.32. The van der Waals surface area contributed by atoms with Crippen molar-refractivity contribution in [3.8, 4) is 0 Å². The van der Waals surface area contributed by atoms with Gasteiger partial charge in [-0.1, -0.05) is 18.2 Å². The van der Waals surface area contributed by atoms with E-state index in [2.05, 4.69) is 14.7 Å². The second-order valence-electron chi connectivity index (χ2n) is 6.02. The van der Waals surface area contributed by atoms with Gasteiger partial charge in [0.25, 0.3) is 0 Å². The number of aromatic nitrogens is 2. The monoisotopic (exact) mass is 415 g/mol. The molecule has 2 aromatic carbocycles. The van der Waals surface area contributed by atoms with Gasteiger partial charge < -0.3 is 14.3 Å². The van der Waals surface area contributed by atoms with Crippen molar-refractivity contribution in [2.75, 3.05) is 19.1 Å². The highest BCUT2D eigenvalue weighted by Gasteiger charge is 2.12. The Morgan fingerprint density at radius 2 is 1.96 bits per heavy atom. The number of carbonyl (C=O) groups is 1. The largest absolute Gasteiger partial charge is 0.331 e. The molecule has 0 aliphatic rings. The van der Waals surface area contributed by atoms with Crippen LogP contribution in [0.5, 0.6) is 0 Å². The first-order valence-electron chi connectivity index (χ1n) is 8.46. The standard InChI is InChI=1S/C19H21N5O2S2/c1-13(23(2)24(3)14-7-5-4-6-8-14)18(12-25)22-27-15-9-10-16-17(11-15)21-19(20-16)28-26/h4-12,22,26H,1-3H3,(H,20,21)/b18-13+. The van der Waals surface area contributed by atoms with E-state index in [9.17, 15) is 4.79 Å². The van der Waals surface area contributed by atoms with Crippen LogP contribution in [0.25, 0.3) is 11.0 Å². The van der Waals surface area contributed by atoms with Gasteiger partial charge >= 0.3 is 0 Å². The fourth-order valence-electron chi connectivity index (χ4n) is 2.59. The fourth-order valence-corrected chi connectivity index (χ4v) is 3.62. The number of para-hydroxylation sites is 1. The van der Waals surface area contributed by atoms with Crippen LogP contribution in [0.15, 0.2) is 70.0 Å². The molecule has 146 valence electrons. The number of hydrogen-bond donors (Lipinski definition) is 3. The number of nitrogens with zero attached hydrogens (tertiary/aromatic N) is 3. The van der Waals surface area contributed by atoms with Crippen molar-refractivity contribution >= 4 is 47.0 Å². The summed E-state index contributed by atoms with van der Waals surface area (Å²) >= 11 is 1.91. The van der Waals surface area contributed by atoms with Crippen molar-refractivity contribution in [2.24, 2.45) is 0 Å². The normalized spacial score (nSPS) is 11.9. The lowest BCUT2D eigenvalue weighted by Gasteiger charge is -2.33. The maximum atomic E-state index is 11.7. The minimum Gasteiger partial charge on any atom is -0.331 e. The van der Waals surface area contributed by atoms with Gasteiger partial charge in [-0.15, -0.1) is 0 Å². The lowest BCUT2D eigenvalue weighted by atomic mass is 10.3. The van der Waals surface area contributed by atoms with Gasteiger partial charge in [0.1, 0.15) is 5.70 Å². The van der Waals surface area contributed by atoms with E-state index in [4.69, 9.17) is 4.55 Å². The molecule has 3 rings (SSSR count). The van der Waals surface area contributed by atoms with Crippen LogP contribution < -0.4 is 9.73 Å². The van der Waals surface area contributed by atoms with E-state index in [-0.39, 0.29) is 0 Å². The Kier molecular flexibility index (Phi) is 6.50. The number of rotatable bonds is 8. The number of hydrogen-bond acceptors (Lipinski definition) is 8. The second kappa shape index (κ2) is 9.05. The molecular weight excluding hydrogens is 394 g/mol. The molecule has 0 radical (unpaired) electrons. The summed E-state index contributed by atoms with van der Waals surface area (Å²) in [6, 6.07) is 15.6. The smallest absolute Gasteiger partial charge is 0.193 e. The minimum atomic E-state index is 0.444. The van der Waals surface area contributed by atoms with E-state index < -0.39 is 0 Å². The zero-order chi connectivity index (χ0) is 20.1. The van der Waals surface area contributed by atoms with E-state index in [1.54, 1.807) is 0 Å².